The summed E-state index contributed by atoms with van der Waals surface area (Å²) in [4.78, 5) is 32.3. The predicted molar refractivity (Wildman–Crippen MR) is 84.9 cm³/mol. The Balaban J connectivity index is 1.61. The molecule has 118 valence electrons. The van der Waals surface area contributed by atoms with E-state index in [1.54, 1.807) is 18.2 Å². The highest BCUT2D eigenvalue weighted by atomic mass is 16.2. The standard InChI is InChI=1S/C17H18N4O2/c22-15(13-6-2-1-3-7-13)20-12-17(8-4-9-17)21-16(23)14-18-10-5-11-19-14/h1-3,5-7,10-11H,4,8-9,12H2,(H,20,22)(H,21,23). The molecule has 1 aromatic carbocycles. The number of rotatable bonds is 5. The normalized spacial score (nSPS) is 15.3. The van der Waals surface area contributed by atoms with Crippen LogP contribution in [0.1, 0.15) is 40.2 Å². The molecule has 2 aromatic rings. The van der Waals surface area contributed by atoms with Gasteiger partial charge in [-0.3, -0.25) is 9.59 Å². The lowest BCUT2D eigenvalue weighted by atomic mass is 9.76. The minimum atomic E-state index is -0.402. The monoisotopic (exact) mass is 310 g/mol. The van der Waals surface area contributed by atoms with Crippen LogP contribution in [0.3, 0.4) is 0 Å². The molecule has 2 amide bonds. The second kappa shape index (κ2) is 6.56. The van der Waals surface area contributed by atoms with Crippen LogP contribution in [0.4, 0.5) is 0 Å². The molecule has 0 aliphatic heterocycles. The van der Waals surface area contributed by atoms with Gasteiger partial charge in [0.25, 0.3) is 11.8 Å². The zero-order chi connectivity index (χ0) is 16.1. The maximum atomic E-state index is 12.2. The first-order valence-corrected chi connectivity index (χ1v) is 7.61. The number of nitrogens with zero attached hydrogens (tertiary/aromatic N) is 2. The highest BCUT2D eigenvalue weighted by Crippen LogP contribution is 2.31. The Morgan fingerprint density at radius 1 is 1.00 bits per heavy atom. The zero-order valence-electron chi connectivity index (χ0n) is 12.7. The molecule has 23 heavy (non-hydrogen) atoms. The summed E-state index contributed by atoms with van der Waals surface area (Å²) in [5, 5.41) is 5.88. The lowest BCUT2D eigenvalue weighted by Crippen LogP contribution is -2.60. The van der Waals surface area contributed by atoms with Gasteiger partial charge in [-0.1, -0.05) is 18.2 Å². The Labute approximate surface area is 134 Å². The van der Waals surface area contributed by atoms with Crippen molar-refractivity contribution in [3.63, 3.8) is 0 Å². The molecule has 1 aliphatic carbocycles. The van der Waals surface area contributed by atoms with Crippen LogP contribution < -0.4 is 10.6 Å². The van der Waals surface area contributed by atoms with Gasteiger partial charge in [0.05, 0.1) is 5.54 Å². The third-order valence-corrected chi connectivity index (χ3v) is 4.08. The summed E-state index contributed by atoms with van der Waals surface area (Å²) < 4.78 is 0. The molecule has 1 aromatic heterocycles. The van der Waals surface area contributed by atoms with Crippen LogP contribution >= 0.6 is 0 Å². The Morgan fingerprint density at radius 3 is 2.30 bits per heavy atom. The number of hydrogen-bond acceptors (Lipinski definition) is 4. The third kappa shape index (κ3) is 3.53. The fourth-order valence-corrected chi connectivity index (χ4v) is 2.60. The largest absolute Gasteiger partial charge is 0.350 e. The van der Waals surface area contributed by atoms with Gasteiger partial charge in [0.2, 0.25) is 5.82 Å². The number of hydrogen-bond donors (Lipinski definition) is 2. The molecule has 0 bridgehead atoms. The first kappa shape index (κ1) is 15.1. The van der Waals surface area contributed by atoms with Crippen LogP contribution in [0.15, 0.2) is 48.8 Å². The van der Waals surface area contributed by atoms with Crippen molar-refractivity contribution in [3.8, 4) is 0 Å². The summed E-state index contributed by atoms with van der Waals surface area (Å²) in [6, 6.07) is 10.7. The molecule has 1 heterocycles. The predicted octanol–water partition coefficient (Wildman–Crippen LogP) is 1.56. The summed E-state index contributed by atoms with van der Waals surface area (Å²) in [7, 11) is 0. The van der Waals surface area contributed by atoms with Gasteiger partial charge in [-0.25, -0.2) is 9.97 Å². The molecule has 2 N–H and O–H groups in total. The van der Waals surface area contributed by atoms with E-state index in [1.165, 1.54) is 12.4 Å². The molecular weight excluding hydrogens is 292 g/mol. The van der Waals surface area contributed by atoms with Gasteiger partial charge in [0, 0.05) is 24.5 Å². The molecule has 1 aliphatic rings. The second-order valence-electron chi connectivity index (χ2n) is 5.71. The molecule has 6 nitrogen and oxygen atoms in total. The fourth-order valence-electron chi connectivity index (χ4n) is 2.60. The third-order valence-electron chi connectivity index (χ3n) is 4.08. The van der Waals surface area contributed by atoms with Crippen molar-refractivity contribution in [1.29, 1.82) is 0 Å². The van der Waals surface area contributed by atoms with Gasteiger partial charge < -0.3 is 10.6 Å². The van der Waals surface area contributed by atoms with Gasteiger partial charge in [0.1, 0.15) is 0 Å². The Kier molecular flexibility index (Phi) is 4.32. The topological polar surface area (TPSA) is 84.0 Å². The number of benzene rings is 1. The van der Waals surface area contributed by atoms with Crippen molar-refractivity contribution < 1.29 is 9.59 Å². The van der Waals surface area contributed by atoms with E-state index in [1.807, 2.05) is 18.2 Å². The molecule has 0 spiro atoms. The summed E-state index contributed by atoms with van der Waals surface area (Å²) in [5.41, 5.74) is 0.209. The summed E-state index contributed by atoms with van der Waals surface area (Å²) in [6.45, 7) is 0.402. The van der Waals surface area contributed by atoms with Crippen molar-refractivity contribution >= 4 is 11.8 Å². The molecule has 3 rings (SSSR count). The Hall–Kier alpha value is -2.76. The zero-order valence-corrected chi connectivity index (χ0v) is 12.7. The highest BCUT2D eigenvalue weighted by molar-refractivity contribution is 5.94. The number of nitrogens with one attached hydrogen (secondary N) is 2. The molecule has 1 saturated carbocycles. The van der Waals surface area contributed by atoms with Crippen molar-refractivity contribution in [3.05, 3.63) is 60.2 Å². The summed E-state index contributed by atoms with van der Waals surface area (Å²) in [6.07, 6.45) is 5.76. The lowest BCUT2D eigenvalue weighted by molar-refractivity contribution is 0.0780. The van der Waals surface area contributed by atoms with E-state index in [0.717, 1.165) is 19.3 Å². The van der Waals surface area contributed by atoms with Gasteiger partial charge in [-0.05, 0) is 37.5 Å². The van der Waals surface area contributed by atoms with Crippen LogP contribution in [0.2, 0.25) is 0 Å². The summed E-state index contributed by atoms with van der Waals surface area (Å²) in [5.74, 6) is -0.297. The van der Waals surface area contributed by atoms with Crippen LogP contribution in [0, 0.1) is 0 Å². The van der Waals surface area contributed by atoms with Crippen molar-refractivity contribution in [2.45, 2.75) is 24.8 Å². The first-order chi connectivity index (χ1) is 11.2. The number of amides is 2. The van der Waals surface area contributed by atoms with E-state index in [9.17, 15) is 9.59 Å². The minimum Gasteiger partial charge on any atom is -0.350 e. The van der Waals surface area contributed by atoms with Gasteiger partial charge in [0.15, 0.2) is 0 Å². The van der Waals surface area contributed by atoms with E-state index < -0.39 is 5.54 Å². The van der Waals surface area contributed by atoms with Crippen LogP contribution in [0.25, 0.3) is 0 Å². The highest BCUT2D eigenvalue weighted by Gasteiger charge is 2.39. The maximum Gasteiger partial charge on any atom is 0.289 e. The maximum absolute atomic E-state index is 12.2. The van der Waals surface area contributed by atoms with Crippen LogP contribution in [0.5, 0.6) is 0 Å². The van der Waals surface area contributed by atoms with Crippen LogP contribution in [-0.4, -0.2) is 33.9 Å². The smallest absolute Gasteiger partial charge is 0.289 e. The molecule has 0 radical (unpaired) electrons. The SMILES string of the molecule is O=C(NCC1(NC(=O)c2ncccn2)CCC1)c1ccccc1. The van der Waals surface area contributed by atoms with Crippen molar-refractivity contribution in [2.24, 2.45) is 0 Å². The summed E-state index contributed by atoms with van der Waals surface area (Å²) >= 11 is 0. The minimum absolute atomic E-state index is 0.137. The number of carbonyl (C=O) groups excluding carboxylic acids is 2. The van der Waals surface area contributed by atoms with E-state index in [-0.39, 0.29) is 17.6 Å². The average Bonchev–Trinajstić information content (AvgIpc) is 2.58. The molecule has 0 unspecified atom stereocenters. The molecule has 0 atom stereocenters. The van der Waals surface area contributed by atoms with E-state index in [4.69, 9.17) is 0 Å². The van der Waals surface area contributed by atoms with E-state index in [2.05, 4.69) is 20.6 Å². The number of carbonyl (C=O) groups is 2. The van der Waals surface area contributed by atoms with E-state index >= 15 is 0 Å². The Bertz CT molecular complexity index is 684. The number of aromatic nitrogens is 2. The fraction of sp³-hybridized carbons (Fsp3) is 0.294. The Morgan fingerprint density at radius 2 is 1.70 bits per heavy atom. The van der Waals surface area contributed by atoms with Crippen LogP contribution in [-0.2, 0) is 0 Å². The molecule has 1 fully saturated rings. The van der Waals surface area contributed by atoms with Gasteiger partial charge in [-0.15, -0.1) is 0 Å². The van der Waals surface area contributed by atoms with Crippen molar-refractivity contribution in [2.75, 3.05) is 6.54 Å². The molecule has 6 heteroatoms. The van der Waals surface area contributed by atoms with Crippen molar-refractivity contribution in [1.82, 2.24) is 20.6 Å². The molecule has 0 saturated heterocycles. The van der Waals surface area contributed by atoms with Gasteiger partial charge >= 0.3 is 0 Å². The second-order valence-corrected chi connectivity index (χ2v) is 5.71. The average molecular weight is 310 g/mol. The molecular formula is C17H18N4O2. The first-order valence-electron chi connectivity index (χ1n) is 7.61. The van der Waals surface area contributed by atoms with E-state index in [0.29, 0.717) is 12.1 Å². The van der Waals surface area contributed by atoms with Gasteiger partial charge in [-0.2, -0.15) is 0 Å². The lowest BCUT2D eigenvalue weighted by Gasteiger charge is -2.42. The quantitative estimate of drug-likeness (QED) is 0.878.